The van der Waals surface area contributed by atoms with Gasteiger partial charge in [-0.1, -0.05) is 38.5 Å². The van der Waals surface area contributed by atoms with Crippen LogP contribution in [0.25, 0.3) is 10.9 Å². The van der Waals surface area contributed by atoms with Gasteiger partial charge in [0.2, 0.25) is 0 Å². The standard InChI is InChI=1S/C17H24N2O/c1-3-7-14-12-17(18-13(4-2)10-11-20)15-8-5-6-9-16(15)19-14/h5-6,8-9,12-13,20H,3-4,7,10-11H2,1-2H3,(H,18,19). The Morgan fingerprint density at radius 3 is 2.75 bits per heavy atom. The molecule has 1 aromatic carbocycles. The second-order valence-corrected chi connectivity index (χ2v) is 5.19. The summed E-state index contributed by atoms with van der Waals surface area (Å²) in [6.07, 6.45) is 3.87. The molecule has 2 N–H and O–H groups in total. The summed E-state index contributed by atoms with van der Waals surface area (Å²) in [7, 11) is 0. The van der Waals surface area contributed by atoms with Crippen molar-refractivity contribution in [3.63, 3.8) is 0 Å². The van der Waals surface area contributed by atoms with Gasteiger partial charge in [-0.15, -0.1) is 0 Å². The largest absolute Gasteiger partial charge is 0.396 e. The summed E-state index contributed by atoms with van der Waals surface area (Å²) in [6, 6.07) is 10.7. The van der Waals surface area contributed by atoms with Crippen LogP contribution in [-0.2, 0) is 6.42 Å². The molecule has 0 saturated carbocycles. The minimum absolute atomic E-state index is 0.219. The number of hydrogen-bond acceptors (Lipinski definition) is 3. The van der Waals surface area contributed by atoms with Crippen molar-refractivity contribution in [1.29, 1.82) is 0 Å². The van der Waals surface area contributed by atoms with Crippen LogP contribution >= 0.6 is 0 Å². The van der Waals surface area contributed by atoms with Crippen molar-refractivity contribution in [3.8, 4) is 0 Å². The van der Waals surface area contributed by atoms with Crippen molar-refractivity contribution in [3.05, 3.63) is 36.0 Å². The van der Waals surface area contributed by atoms with Crippen molar-refractivity contribution in [2.75, 3.05) is 11.9 Å². The van der Waals surface area contributed by atoms with E-state index in [0.717, 1.165) is 48.0 Å². The predicted octanol–water partition coefficient (Wildman–Crippen LogP) is 3.76. The van der Waals surface area contributed by atoms with E-state index >= 15 is 0 Å². The maximum Gasteiger partial charge on any atom is 0.0726 e. The Balaban J connectivity index is 2.38. The number of hydrogen-bond donors (Lipinski definition) is 2. The smallest absolute Gasteiger partial charge is 0.0726 e. The van der Waals surface area contributed by atoms with Gasteiger partial charge in [-0.2, -0.15) is 0 Å². The van der Waals surface area contributed by atoms with Crippen LogP contribution in [-0.4, -0.2) is 22.7 Å². The first-order chi connectivity index (χ1) is 9.78. The van der Waals surface area contributed by atoms with E-state index in [2.05, 4.69) is 37.4 Å². The summed E-state index contributed by atoms with van der Waals surface area (Å²) in [4.78, 5) is 4.72. The van der Waals surface area contributed by atoms with E-state index in [4.69, 9.17) is 10.1 Å². The molecule has 0 aliphatic heterocycles. The number of anilines is 1. The average molecular weight is 272 g/mol. The Hall–Kier alpha value is -1.61. The Kier molecular flexibility index (Phi) is 5.36. The van der Waals surface area contributed by atoms with Gasteiger partial charge >= 0.3 is 0 Å². The molecular weight excluding hydrogens is 248 g/mol. The normalized spacial score (nSPS) is 12.6. The molecule has 1 atom stereocenters. The average Bonchev–Trinajstić information content (AvgIpc) is 2.47. The number of nitrogens with zero attached hydrogens (tertiary/aromatic N) is 1. The number of aromatic nitrogens is 1. The van der Waals surface area contributed by atoms with Crippen LogP contribution in [0.15, 0.2) is 30.3 Å². The summed E-state index contributed by atoms with van der Waals surface area (Å²) in [6.45, 7) is 4.53. The number of para-hydroxylation sites is 1. The molecule has 0 aliphatic carbocycles. The molecule has 3 nitrogen and oxygen atoms in total. The zero-order valence-corrected chi connectivity index (χ0v) is 12.4. The van der Waals surface area contributed by atoms with Crippen LogP contribution in [0.1, 0.15) is 38.8 Å². The Bertz CT molecular complexity index is 554. The van der Waals surface area contributed by atoms with Crippen LogP contribution in [0.2, 0.25) is 0 Å². The highest BCUT2D eigenvalue weighted by Gasteiger charge is 2.10. The van der Waals surface area contributed by atoms with Crippen LogP contribution < -0.4 is 5.32 Å². The summed E-state index contributed by atoms with van der Waals surface area (Å²) in [5.41, 5.74) is 3.31. The maximum absolute atomic E-state index is 9.15. The maximum atomic E-state index is 9.15. The van der Waals surface area contributed by atoms with E-state index in [1.54, 1.807) is 0 Å². The number of aliphatic hydroxyl groups is 1. The molecule has 1 aromatic heterocycles. The molecule has 20 heavy (non-hydrogen) atoms. The number of aryl methyl sites for hydroxylation is 1. The number of benzene rings is 1. The zero-order chi connectivity index (χ0) is 14.4. The van der Waals surface area contributed by atoms with Gasteiger partial charge < -0.3 is 10.4 Å². The predicted molar refractivity (Wildman–Crippen MR) is 85.1 cm³/mol. The first-order valence-electron chi connectivity index (χ1n) is 7.54. The molecule has 3 heteroatoms. The minimum Gasteiger partial charge on any atom is -0.396 e. The third-order valence-corrected chi connectivity index (χ3v) is 3.61. The second kappa shape index (κ2) is 7.25. The van der Waals surface area contributed by atoms with E-state index in [-0.39, 0.29) is 6.61 Å². The van der Waals surface area contributed by atoms with Gasteiger partial charge in [0.15, 0.2) is 0 Å². The summed E-state index contributed by atoms with van der Waals surface area (Å²) < 4.78 is 0. The molecule has 0 bridgehead atoms. The Labute approximate surface area is 121 Å². The molecule has 108 valence electrons. The summed E-state index contributed by atoms with van der Waals surface area (Å²) >= 11 is 0. The third-order valence-electron chi connectivity index (χ3n) is 3.61. The highest BCUT2D eigenvalue weighted by atomic mass is 16.3. The highest BCUT2D eigenvalue weighted by molar-refractivity contribution is 5.91. The van der Waals surface area contributed by atoms with Crippen molar-refractivity contribution in [2.24, 2.45) is 0 Å². The molecule has 2 aromatic rings. The summed E-state index contributed by atoms with van der Waals surface area (Å²) in [5.74, 6) is 0. The van der Waals surface area contributed by atoms with Crippen molar-refractivity contribution < 1.29 is 5.11 Å². The lowest BCUT2D eigenvalue weighted by Gasteiger charge is -2.19. The van der Waals surface area contributed by atoms with Crippen LogP contribution in [0, 0.1) is 0 Å². The van der Waals surface area contributed by atoms with Gasteiger partial charge in [-0.05, 0) is 31.4 Å². The van der Waals surface area contributed by atoms with E-state index in [1.807, 2.05) is 12.1 Å². The molecular formula is C17H24N2O. The molecule has 0 saturated heterocycles. The molecule has 2 rings (SSSR count). The number of nitrogens with one attached hydrogen (secondary N) is 1. The molecule has 0 fully saturated rings. The number of fused-ring (bicyclic) bond motifs is 1. The molecule has 1 heterocycles. The fraction of sp³-hybridized carbons (Fsp3) is 0.471. The number of rotatable bonds is 7. The van der Waals surface area contributed by atoms with Gasteiger partial charge in [0.1, 0.15) is 0 Å². The van der Waals surface area contributed by atoms with Crippen LogP contribution in [0.5, 0.6) is 0 Å². The SMILES string of the molecule is CCCc1cc(NC(CC)CCO)c2ccccc2n1. The van der Waals surface area contributed by atoms with Crippen molar-refractivity contribution in [1.82, 2.24) is 4.98 Å². The molecule has 0 amide bonds. The fourth-order valence-corrected chi connectivity index (χ4v) is 2.49. The van der Waals surface area contributed by atoms with E-state index in [1.165, 1.54) is 0 Å². The lowest BCUT2D eigenvalue weighted by atomic mass is 10.1. The summed E-state index contributed by atoms with van der Waals surface area (Å²) in [5, 5.41) is 13.9. The molecule has 1 unspecified atom stereocenters. The van der Waals surface area contributed by atoms with E-state index in [0.29, 0.717) is 6.04 Å². The topological polar surface area (TPSA) is 45.1 Å². The molecule has 0 spiro atoms. The molecule has 0 radical (unpaired) electrons. The van der Waals surface area contributed by atoms with Crippen LogP contribution in [0.3, 0.4) is 0 Å². The fourth-order valence-electron chi connectivity index (χ4n) is 2.49. The highest BCUT2D eigenvalue weighted by Crippen LogP contribution is 2.25. The van der Waals surface area contributed by atoms with Gasteiger partial charge in [-0.25, -0.2) is 0 Å². The lowest BCUT2D eigenvalue weighted by molar-refractivity contribution is 0.278. The quantitative estimate of drug-likeness (QED) is 0.806. The first-order valence-corrected chi connectivity index (χ1v) is 7.54. The third kappa shape index (κ3) is 3.48. The molecule has 0 aliphatic rings. The van der Waals surface area contributed by atoms with E-state index < -0.39 is 0 Å². The van der Waals surface area contributed by atoms with Crippen molar-refractivity contribution >= 4 is 16.6 Å². The van der Waals surface area contributed by atoms with Crippen molar-refractivity contribution in [2.45, 2.75) is 45.6 Å². The van der Waals surface area contributed by atoms with E-state index in [9.17, 15) is 0 Å². The number of pyridine rings is 1. The monoisotopic (exact) mass is 272 g/mol. The van der Waals surface area contributed by atoms with Gasteiger partial charge in [0.25, 0.3) is 0 Å². The Morgan fingerprint density at radius 1 is 1.25 bits per heavy atom. The lowest BCUT2D eigenvalue weighted by Crippen LogP contribution is -2.20. The zero-order valence-electron chi connectivity index (χ0n) is 12.4. The van der Waals surface area contributed by atoms with Gasteiger partial charge in [0.05, 0.1) is 5.52 Å². The second-order valence-electron chi connectivity index (χ2n) is 5.19. The van der Waals surface area contributed by atoms with Crippen LogP contribution in [0.4, 0.5) is 5.69 Å². The number of aliphatic hydroxyl groups excluding tert-OH is 1. The Morgan fingerprint density at radius 2 is 2.05 bits per heavy atom. The first kappa shape index (κ1) is 14.8. The minimum atomic E-state index is 0.219. The van der Waals surface area contributed by atoms with Gasteiger partial charge in [0, 0.05) is 29.4 Å². The van der Waals surface area contributed by atoms with Gasteiger partial charge in [-0.3, -0.25) is 4.98 Å².